The largest absolute Gasteiger partial charge is 0.497 e. The van der Waals surface area contributed by atoms with Crippen molar-refractivity contribution in [1.29, 1.82) is 0 Å². The molecule has 26 heavy (non-hydrogen) atoms. The number of ether oxygens (including phenoxy) is 1. The van der Waals surface area contributed by atoms with Crippen LogP contribution < -0.4 is 15.4 Å². The summed E-state index contributed by atoms with van der Waals surface area (Å²) in [6, 6.07) is 7.18. The van der Waals surface area contributed by atoms with E-state index < -0.39 is 0 Å². The van der Waals surface area contributed by atoms with E-state index in [1.54, 1.807) is 19.2 Å². The van der Waals surface area contributed by atoms with Crippen LogP contribution in [0.4, 0.5) is 5.13 Å². The van der Waals surface area contributed by atoms with Gasteiger partial charge in [-0.05, 0) is 18.2 Å². The van der Waals surface area contributed by atoms with E-state index in [9.17, 15) is 9.59 Å². The van der Waals surface area contributed by atoms with Gasteiger partial charge in [-0.25, -0.2) is 0 Å². The molecule has 2 aromatic rings. The molecule has 1 aromatic heterocycles. The highest BCUT2D eigenvalue weighted by molar-refractivity contribution is 8.01. The SMILES string of the molecule is COc1cccc(C(=O)N2CCN(c3nnc(SCC(N)=O)s3)CC2)c1. The molecule has 2 N–H and O–H groups in total. The molecule has 1 aliphatic rings. The van der Waals surface area contributed by atoms with Gasteiger partial charge in [0.1, 0.15) is 5.75 Å². The van der Waals surface area contributed by atoms with Crippen molar-refractivity contribution in [2.24, 2.45) is 5.73 Å². The number of thioether (sulfide) groups is 1. The predicted octanol–water partition coefficient (Wildman–Crippen LogP) is 1.09. The fourth-order valence-corrected chi connectivity index (χ4v) is 4.19. The highest BCUT2D eigenvalue weighted by atomic mass is 32.2. The van der Waals surface area contributed by atoms with Crippen LogP contribution in [0, 0.1) is 0 Å². The molecule has 0 atom stereocenters. The molecule has 2 amide bonds. The first-order chi connectivity index (χ1) is 12.6. The first-order valence-corrected chi connectivity index (χ1v) is 9.80. The molecular formula is C16H19N5O3S2. The first kappa shape index (κ1) is 18.5. The summed E-state index contributed by atoms with van der Waals surface area (Å²) in [6.07, 6.45) is 0. The third-order valence-corrected chi connectivity index (χ3v) is 6.03. The number of aromatic nitrogens is 2. The Bertz CT molecular complexity index is 790. The van der Waals surface area contributed by atoms with Gasteiger partial charge in [-0.15, -0.1) is 10.2 Å². The van der Waals surface area contributed by atoms with E-state index in [1.165, 1.54) is 23.1 Å². The summed E-state index contributed by atoms with van der Waals surface area (Å²) in [4.78, 5) is 27.4. The average molecular weight is 393 g/mol. The molecule has 10 heteroatoms. The highest BCUT2D eigenvalue weighted by Crippen LogP contribution is 2.28. The standard InChI is InChI=1S/C16H19N5O3S2/c1-24-12-4-2-3-11(9-12)14(23)20-5-7-21(8-6-20)15-18-19-16(26-15)25-10-13(17)22/h2-4,9H,5-8,10H2,1H3,(H2,17,22). The van der Waals surface area contributed by atoms with Gasteiger partial charge >= 0.3 is 0 Å². The highest BCUT2D eigenvalue weighted by Gasteiger charge is 2.24. The minimum Gasteiger partial charge on any atom is -0.497 e. The van der Waals surface area contributed by atoms with Crippen LogP contribution in [0.5, 0.6) is 5.75 Å². The number of carbonyl (C=O) groups excluding carboxylic acids is 2. The number of piperazine rings is 1. The topological polar surface area (TPSA) is 102 Å². The van der Waals surface area contributed by atoms with Crippen molar-refractivity contribution >= 4 is 40.0 Å². The van der Waals surface area contributed by atoms with Crippen LogP contribution in [0.25, 0.3) is 0 Å². The van der Waals surface area contributed by atoms with Crippen molar-refractivity contribution in [3.63, 3.8) is 0 Å². The fraction of sp³-hybridized carbons (Fsp3) is 0.375. The maximum Gasteiger partial charge on any atom is 0.254 e. The smallest absolute Gasteiger partial charge is 0.254 e. The second kappa shape index (κ2) is 8.37. The molecule has 8 nitrogen and oxygen atoms in total. The van der Waals surface area contributed by atoms with E-state index in [2.05, 4.69) is 15.1 Å². The molecule has 1 saturated heterocycles. The quantitative estimate of drug-likeness (QED) is 0.733. The van der Waals surface area contributed by atoms with E-state index in [-0.39, 0.29) is 17.6 Å². The number of hydrogen-bond acceptors (Lipinski definition) is 8. The van der Waals surface area contributed by atoms with E-state index in [0.717, 1.165) is 5.13 Å². The van der Waals surface area contributed by atoms with Gasteiger partial charge in [0.05, 0.1) is 12.9 Å². The van der Waals surface area contributed by atoms with E-state index >= 15 is 0 Å². The molecule has 138 valence electrons. The molecule has 0 bridgehead atoms. The monoisotopic (exact) mass is 393 g/mol. The Labute approximate surface area is 159 Å². The van der Waals surface area contributed by atoms with Gasteiger partial charge in [0, 0.05) is 31.7 Å². The van der Waals surface area contributed by atoms with Crippen LogP contribution in [0.15, 0.2) is 28.6 Å². The summed E-state index contributed by atoms with van der Waals surface area (Å²) in [6.45, 7) is 2.59. The number of anilines is 1. The third-order valence-electron chi connectivity index (χ3n) is 3.89. The van der Waals surface area contributed by atoms with Crippen molar-refractivity contribution in [2.75, 3.05) is 43.9 Å². The fourth-order valence-electron chi connectivity index (χ4n) is 2.56. The van der Waals surface area contributed by atoms with Gasteiger partial charge in [-0.2, -0.15) is 0 Å². The molecule has 0 spiro atoms. The third kappa shape index (κ3) is 4.44. The summed E-state index contributed by atoms with van der Waals surface area (Å²) in [5.74, 6) is 0.483. The summed E-state index contributed by atoms with van der Waals surface area (Å²) in [7, 11) is 1.58. The summed E-state index contributed by atoms with van der Waals surface area (Å²) >= 11 is 2.72. The minimum absolute atomic E-state index is 0.00137. The Morgan fingerprint density at radius 1 is 1.27 bits per heavy atom. The average Bonchev–Trinajstić information content (AvgIpc) is 3.15. The zero-order valence-electron chi connectivity index (χ0n) is 14.3. The van der Waals surface area contributed by atoms with Crippen LogP contribution in [0.2, 0.25) is 0 Å². The Balaban J connectivity index is 1.57. The second-order valence-electron chi connectivity index (χ2n) is 5.62. The van der Waals surface area contributed by atoms with Gasteiger partial charge in [0.15, 0.2) is 4.34 Å². The van der Waals surface area contributed by atoms with Crippen LogP contribution >= 0.6 is 23.1 Å². The molecule has 1 aromatic carbocycles. The number of amides is 2. The molecule has 0 saturated carbocycles. The summed E-state index contributed by atoms with van der Waals surface area (Å²) in [5, 5.41) is 9.04. The normalized spacial score (nSPS) is 14.3. The van der Waals surface area contributed by atoms with Crippen molar-refractivity contribution in [2.45, 2.75) is 4.34 Å². The van der Waals surface area contributed by atoms with Crippen molar-refractivity contribution in [1.82, 2.24) is 15.1 Å². The Morgan fingerprint density at radius 2 is 2.04 bits per heavy atom. The first-order valence-electron chi connectivity index (χ1n) is 7.99. The molecule has 0 aliphatic carbocycles. The van der Waals surface area contributed by atoms with Crippen LogP contribution in [0.3, 0.4) is 0 Å². The predicted molar refractivity (Wildman–Crippen MR) is 101 cm³/mol. The number of rotatable bonds is 6. The van der Waals surface area contributed by atoms with Crippen molar-refractivity contribution in [3.8, 4) is 5.75 Å². The number of nitrogens with two attached hydrogens (primary N) is 1. The summed E-state index contributed by atoms with van der Waals surface area (Å²) < 4.78 is 5.90. The zero-order chi connectivity index (χ0) is 18.5. The van der Waals surface area contributed by atoms with E-state index in [0.29, 0.717) is 41.8 Å². The molecule has 0 radical (unpaired) electrons. The lowest BCUT2D eigenvalue weighted by atomic mass is 10.1. The molecule has 1 fully saturated rings. The van der Waals surface area contributed by atoms with Crippen molar-refractivity contribution in [3.05, 3.63) is 29.8 Å². The van der Waals surface area contributed by atoms with Crippen LogP contribution in [-0.2, 0) is 4.79 Å². The number of nitrogens with zero attached hydrogens (tertiary/aromatic N) is 4. The number of hydrogen-bond donors (Lipinski definition) is 1. The Hall–Kier alpha value is -2.33. The zero-order valence-corrected chi connectivity index (χ0v) is 15.9. The number of primary amides is 1. The number of methoxy groups -OCH3 is 1. The van der Waals surface area contributed by atoms with E-state index in [1.807, 2.05) is 17.0 Å². The van der Waals surface area contributed by atoms with Gasteiger partial charge in [0.25, 0.3) is 5.91 Å². The molecule has 1 aliphatic heterocycles. The number of benzene rings is 1. The Kier molecular flexibility index (Phi) is 5.94. The van der Waals surface area contributed by atoms with Gasteiger partial charge < -0.3 is 20.3 Å². The maximum absolute atomic E-state index is 12.6. The van der Waals surface area contributed by atoms with Crippen molar-refractivity contribution < 1.29 is 14.3 Å². The van der Waals surface area contributed by atoms with Gasteiger partial charge in [-0.1, -0.05) is 29.2 Å². The molecule has 0 unspecified atom stereocenters. The van der Waals surface area contributed by atoms with Gasteiger partial charge in [0.2, 0.25) is 11.0 Å². The molecule has 3 rings (SSSR count). The summed E-state index contributed by atoms with van der Waals surface area (Å²) in [5.41, 5.74) is 5.76. The number of carbonyl (C=O) groups is 2. The Morgan fingerprint density at radius 3 is 2.73 bits per heavy atom. The van der Waals surface area contributed by atoms with E-state index in [4.69, 9.17) is 10.5 Å². The lowest BCUT2D eigenvalue weighted by Gasteiger charge is -2.34. The molecule has 2 heterocycles. The minimum atomic E-state index is -0.378. The second-order valence-corrected chi connectivity index (χ2v) is 7.80. The lowest BCUT2D eigenvalue weighted by Crippen LogP contribution is -2.48. The lowest BCUT2D eigenvalue weighted by molar-refractivity contribution is -0.115. The maximum atomic E-state index is 12.6. The molecular weight excluding hydrogens is 374 g/mol. The van der Waals surface area contributed by atoms with Gasteiger partial charge in [-0.3, -0.25) is 9.59 Å². The van der Waals surface area contributed by atoms with Crippen LogP contribution in [0.1, 0.15) is 10.4 Å². The van der Waals surface area contributed by atoms with Crippen LogP contribution in [-0.4, -0.2) is 66.0 Å².